The van der Waals surface area contributed by atoms with Crippen molar-refractivity contribution in [1.29, 1.82) is 0 Å². The van der Waals surface area contributed by atoms with E-state index < -0.39 is 5.60 Å². The van der Waals surface area contributed by atoms with E-state index in [2.05, 4.69) is 78.8 Å². The summed E-state index contributed by atoms with van der Waals surface area (Å²) in [6.07, 6.45) is 1.89. The van der Waals surface area contributed by atoms with Crippen LogP contribution in [0.25, 0.3) is 5.70 Å². The smallest absolute Gasteiger partial charge is 0.341 e. The molecule has 0 saturated carbocycles. The Labute approximate surface area is 232 Å². The number of nitrogens with zero attached hydrogens (tertiary/aromatic N) is 2. The van der Waals surface area contributed by atoms with Gasteiger partial charge in [-0.05, 0) is 57.2 Å². The number of carbonyl (C=O) groups is 1. The maximum absolute atomic E-state index is 12.5. The molecule has 1 aliphatic rings. The molecule has 1 aliphatic heterocycles. The summed E-state index contributed by atoms with van der Waals surface area (Å²) in [4.78, 5) is 18.2. The van der Waals surface area contributed by atoms with Crippen LogP contribution in [0.3, 0.4) is 0 Å². The average molecular weight is 534 g/mol. The Balaban J connectivity index is 0.000000260. The highest BCUT2D eigenvalue weighted by molar-refractivity contribution is 7.16. The lowest BCUT2D eigenvalue weighted by Gasteiger charge is -2.33. The second kappa shape index (κ2) is 12.6. The number of benzene rings is 2. The first-order chi connectivity index (χ1) is 17.9. The number of hydrogen-bond donors (Lipinski definition) is 1. The molecule has 1 aromatic heterocycles. The van der Waals surface area contributed by atoms with Crippen LogP contribution in [-0.4, -0.2) is 42.0 Å². The van der Waals surface area contributed by atoms with Crippen molar-refractivity contribution in [2.75, 3.05) is 26.4 Å². The lowest BCUT2D eigenvalue weighted by Crippen LogP contribution is -2.33. The molecule has 2 aromatic carbocycles. The number of hydrogen-bond acceptors (Lipinski definition) is 6. The topological polar surface area (TPSA) is 58.8 Å². The number of aryl methyl sites for hydroxylation is 1. The molecule has 0 aliphatic carbocycles. The number of nitrogen functional groups attached to an aromatic ring is 1. The first-order valence-electron chi connectivity index (χ1n) is 13.3. The minimum absolute atomic E-state index is 0.299. The molecular formula is C32H43N3O2S. The van der Waals surface area contributed by atoms with Crippen molar-refractivity contribution in [2.45, 2.75) is 65.6 Å². The predicted molar refractivity (Wildman–Crippen MR) is 161 cm³/mol. The number of esters is 1. The first kappa shape index (κ1) is 29.5. The van der Waals surface area contributed by atoms with Gasteiger partial charge in [-0.3, -0.25) is 4.90 Å². The molecular weight excluding hydrogens is 490 g/mol. The molecule has 2 N–H and O–H groups in total. The average Bonchev–Trinajstić information content (AvgIpc) is 3.22. The summed E-state index contributed by atoms with van der Waals surface area (Å²) >= 11 is 1.52. The third kappa shape index (κ3) is 7.27. The van der Waals surface area contributed by atoms with E-state index in [0.29, 0.717) is 16.6 Å². The Morgan fingerprint density at radius 2 is 1.76 bits per heavy atom. The number of ether oxygens (including phenoxy) is 1. The van der Waals surface area contributed by atoms with Crippen LogP contribution in [0.5, 0.6) is 0 Å². The molecule has 2 heterocycles. The van der Waals surface area contributed by atoms with E-state index in [0.717, 1.165) is 37.2 Å². The first-order valence-corrected chi connectivity index (χ1v) is 14.1. The summed E-state index contributed by atoms with van der Waals surface area (Å²) < 4.78 is 5.55. The monoisotopic (exact) mass is 533 g/mol. The summed E-state index contributed by atoms with van der Waals surface area (Å²) in [7, 11) is 4.05. The van der Waals surface area contributed by atoms with Crippen molar-refractivity contribution in [3.8, 4) is 0 Å². The lowest BCUT2D eigenvalue weighted by molar-refractivity contribution is 0.00694. The molecule has 38 heavy (non-hydrogen) atoms. The van der Waals surface area contributed by atoms with Gasteiger partial charge in [-0.15, -0.1) is 11.3 Å². The van der Waals surface area contributed by atoms with Crippen molar-refractivity contribution in [3.05, 3.63) is 93.9 Å². The van der Waals surface area contributed by atoms with Crippen LogP contribution in [0.2, 0.25) is 0 Å². The van der Waals surface area contributed by atoms with Gasteiger partial charge in [-0.25, -0.2) is 4.79 Å². The normalized spacial score (nSPS) is 14.1. The van der Waals surface area contributed by atoms with Crippen LogP contribution in [0.1, 0.15) is 78.1 Å². The Morgan fingerprint density at radius 3 is 2.37 bits per heavy atom. The number of fused-ring (bicyclic) bond motifs is 1. The number of anilines is 1. The van der Waals surface area contributed by atoms with Crippen molar-refractivity contribution >= 4 is 28.0 Å². The lowest BCUT2D eigenvalue weighted by atomic mass is 9.99. The molecule has 5 nitrogen and oxygen atoms in total. The van der Waals surface area contributed by atoms with Crippen molar-refractivity contribution < 1.29 is 9.53 Å². The summed E-state index contributed by atoms with van der Waals surface area (Å²) in [5, 5.41) is 0.577. The molecule has 1 atom stereocenters. The van der Waals surface area contributed by atoms with E-state index >= 15 is 0 Å². The largest absolute Gasteiger partial charge is 0.456 e. The number of nitrogens with two attached hydrogens (primary N) is 1. The fraction of sp³-hybridized carbons (Fsp3) is 0.406. The van der Waals surface area contributed by atoms with E-state index in [-0.39, 0.29) is 5.97 Å². The van der Waals surface area contributed by atoms with Gasteiger partial charge in [-0.1, -0.05) is 68.1 Å². The zero-order chi connectivity index (χ0) is 28.0. The third-order valence-corrected chi connectivity index (χ3v) is 7.84. The Morgan fingerprint density at radius 1 is 1.13 bits per heavy atom. The molecule has 1 unspecified atom stereocenters. The number of carbonyl (C=O) groups excluding carboxylic acids is 1. The predicted octanol–water partition coefficient (Wildman–Crippen LogP) is 7.19. The molecule has 0 spiro atoms. The van der Waals surface area contributed by atoms with Crippen LogP contribution in [0.15, 0.2) is 61.2 Å². The molecule has 0 amide bonds. The minimum atomic E-state index is -0.513. The van der Waals surface area contributed by atoms with Gasteiger partial charge in [-0.2, -0.15) is 0 Å². The van der Waals surface area contributed by atoms with Crippen molar-refractivity contribution in [2.24, 2.45) is 0 Å². The van der Waals surface area contributed by atoms with Gasteiger partial charge in [0.05, 0.1) is 5.56 Å². The highest BCUT2D eigenvalue weighted by Crippen LogP contribution is 2.38. The number of thiophene rings is 1. The fourth-order valence-corrected chi connectivity index (χ4v) is 5.75. The van der Waals surface area contributed by atoms with Gasteiger partial charge in [0.2, 0.25) is 0 Å². The highest BCUT2D eigenvalue weighted by atomic mass is 32.1. The van der Waals surface area contributed by atoms with Gasteiger partial charge in [0, 0.05) is 49.4 Å². The van der Waals surface area contributed by atoms with Crippen LogP contribution in [-0.2, 0) is 24.1 Å². The molecule has 204 valence electrons. The van der Waals surface area contributed by atoms with Crippen molar-refractivity contribution in [3.63, 3.8) is 0 Å². The SMILES string of the molecule is C=C(c1ccccc1CC)N(C)C.CC(c1ccccc1)N1CCc2c(sc(N)c2C(=O)OC(C)(C)C)C1. The van der Waals surface area contributed by atoms with Crippen LogP contribution < -0.4 is 5.73 Å². The molecule has 0 radical (unpaired) electrons. The minimum Gasteiger partial charge on any atom is -0.456 e. The molecule has 6 heteroatoms. The zero-order valence-corrected chi connectivity index (χ0v) is 24.8. The van der Waals surface area contributed by atoms with E-state index in [1.165, 1.54) is 32.9 Å². The maximum atomic E-state index is 12.5. The van der Waals surface area contributed by atoms with Gasteiger partial charge in [0.25, 0.3) is 0 Å². The highest BCUT2D eigenvalue weighted by Gasteiger charge is 2.31. The maximum Gasteiger partial charge on any atom is 0.341 e. The van der Waals surface area contributed by atoms with E-state index in [1.54, 1.807) is 0 Å². The van der Waals surface area contributed by atoms with Gasteiger partial charge < -0.3 is 15.4 Å². The van der Waals surface area contributed by atoms with Crippen molar-refractivity contribution in [1.82, 2.24) is 9.80 Å². The fourth-order valence-electron chi connectivity index (χ4n) is 4.62. The molecule has 0 saturated heterocycles. The third-order valence-electron chi connectivity index (χ3n) is 6.80. The molecule has 4 rings (SSSR count). The second-order valence-electron chi connectivity index (χ2n) is 10.9. The van der Waals surface area contributed by atoms with E-state index in [4.69, 9.17) is 10.5 Å². The van der Waals surface area contributed by atoms with Crippen LogP contribution in [0.4, 0.5) is 5.00 Å². The van der Waals surface area contributed by atoms with E-state index in [1.807, 2.05) is 40.9 Å². The standard InChI is InChI=1S/C20H26N2O2S.C12H17N/c1-13(14-8-6-5-7-9-14)22-11-10-15-16(12-22)25-18(21)17(15)19(23)24-20(2,3)4;1-5-11-8-6-7-9-12(11)10(2)13(3)4/h5-9,13H,10-12,21H2,1-4H3;6-9H,2,5H2,1,3-4H3. The molecule has 0 bridgehead atoms. The molecule has 0 fully saturated rings. The Hall–Kier alpha value is -3.09. The summed E-state index contributed by atoms with van der Waals surface area (Å²) in [5.41, 5.74) is 12.3. The summed E-state index contributed by atoms with van der Waals surface area (Å²) in [6.45, 7) is 15.8. The quantitative estimate of drug-likeness (QED) is 0.340. The summed E-state index contributed by atoms with van der Waals surface area (Å²) in [6, 6.07) is 19.3. The van der Waals surface area contributed by atoms with Crippen LogP contribution >= 0.6 is 11.3 Å². The molecule has 3 aromatic rings. The Kier molecular flexibility index (Phi) is 9.80. The zero-order valence-electron chi connectivity index (χ0n) is 24.0. The van der Waals surface area contributed by atoms with Crippen LogP contribution in [0, 0.1) is 0 Å². The summed E-state index contributed by atoms with van der Waals surface area (Å²) in [5.74, 6) is -0.299. The number of rotatable bonds is 6. The van der Waals surface area contributed by atoms with Gasteiger partial charge in [0.1, 0.15) is 10.6 Å². The van der Waals surface area contributed by atoms with Gasteiger partial charge in [0.15, 0.2) is 0 Å². The van der Waals surface area contributed by atoms with E-state index in [9.17, 15) is 4.79 Å². The van der Waals surface area contributed by atoms with Gasteiger partial charge >= 0.3 is 5.97 Å². The Bertz CT molecular complexity index is 1240. The second-order valence-corrected chi connectivity index (χ2v) is 12.0.